The highest BCUT2D eigenvalue weighted by molar-refractivity contribution is 5.93. The van der Waals surface area contributed by atoms with Gasteiger partial charge in [-0.25, -0.2) is 0 Å². The lowest BCUT2D eigenvalue weighted by atomic mass is 10.1. The van der Waals surface area contributed by atoms with Gasteiger partial charge in [0.25, 0.3) is 5.91 Å². The third kappa shape index (κ3) is 2.52. The largest absolute Gasteiger partial charge is 0.344 e. The van der Waals surface area contributed by atoms with E-state index in [9.17, 15) is 4.79 Å². The zero-order chi connectivity index (χ0) is 15.9. The van der Waals surface area contributed by atoms with Crippen molar-refractivity contribution in [2.45, 2.75) is 19.9 Å². The van der Waals surface area contributed by atoms with Crippen LogP contribution in [0.3, 0.4) is 0 Å². The van der Waals surface area contributed by atoms with Gasteiger partial charge in [0.1, 0.15) is 11.7 Å². The van der Waals surface area contributed by atoms with E-state index in [1.807, 2.05) is 42.6 Å². The number of carbonyl (C=O) groups excluding carboxylic acids is 1. The Morgan fingerprint density at radius 3 is 2.64 bits per heavy atom. The Kier molecular flexibility index (Phi) is 3.74. The lowest BCUT2D eigenvalue weighted by Crippen LogP contribution is -2.49. The fourth-order valence-corrected chi connectivity index (χ4v) is 2.76. The van der Waals surface area contributed by atoms with Gasteiger partial charge in [-0.2, -0.15) is 4.98 Å². The smallest absolute Gasteiger partial charge is 0.270 e. The van der Waals surface area contributed by atoms with Gasteiger partial charge in [0.05, 0.1) is 0 Å². The molecule has 2 aromatic rings. The molecular formula is C15H21N5O2. The van der Waals surface area contributed by atoms with Gasteiger partial charge in [-0.15, -0.1) is 0 Å². The molecule has 0 radical (unpaired) electrons. The maximum atomic E-state index is 12.7. The summed E-state index contributed by atoms with van der Waals surface area (Å²) in [5.41, 5.74) is 1.78. The van der Waals surface area contributed by atoms with E-state index in [2.05, 4.69) is 15.0 Å². The first kappa shape index (κ1) is 14.8. The van der Waals surface area contributed by atoms with E-state index < -0.39 is 0 Å². The van der Waals surface area contributed by atoms with Crippen LogP contribution >= 0.6 is 0 Å². The number of amides is 1. The van der Waals surface area contributed by atoms with Crippen LogP contribution in [-0.2, 0) is 7.05 Å². The molecule has 3 heterocycles. The van der Waals surface area contributed by atoms with Gasteiger partial charge in [-0.05, 0) is 33.0 Å². The highest BCUT2D eigenvalue weighted by Crippen LogP contribution is 2.24. The van der Waals surface area contributed by atoms with Gasteiger partial charge in [0.2, 0.25) is 5.89 Å². The van der Waals surface area contributed by atoms with Crippen LogP contribution in [0.2, 0.25) is 0 Å². The average Bonchev–Trinajstić information content (AvgIpc) is 3.06. The topological polar surface area (TPSA) is 67.4 Å². The molecule has 1 aliphatic heterocycles. The number of aryl methyl sites for hydroxylation is 2. The van der Waals surface area contributed by atoms with E-state index in [0.717, 1.165) is 12.2 Å². The molecule has 1 amide bonds. The minimum Gasteiger partial charge on any atom is -0.344 e. The van der Waals surface area contributed by atoms with Crippen molar-refractivity contribution in [1.82, 2.24) is 24.5 Å². The van der Waals surface area contributed by atoms with Crippen LogP contribution in [0.25, 0.3) is 0 Å². The molecule has 0 unspecified atom stereocenters. The molecular weight excluding hydrogens is 282 g/mol. The quantitative estimate of drug-likeness (QED) is 0.832. The molecule has 2 aromatic heterocycles. The zero-order valence-corrected chi connectivity index (χ0v) is 13.4. The average molecular weight is 303 g/mol. The molecule has 0 bridgehead atoms. The second-order valence-corrected chi connectivity index (χ2v) is 5.85. The van der Waals surface area contributed by atoms with Crippen molar-refractivity contribution < 1.29 is 9.32 Å². The highest BCUT2D eigenvalue weighted by Gasteiger charge is 2.33. The Balaban J connectivity index is 1.81. The van der Waals surface area contributed by atoms with E-state index in [0.29, 0.717) is 30.5 Å². The molecule has 7 heteroatoms. The van der Waals surface area contributed by atoms with Gasteiger partial charge in [0, 0.05) is 32.4 Å². The standard InChI is InChI=1S/C15H21N5O2/c1-10-5-6-12(19(10)4)15(21)20-8-7-18(3)13(9-20)14-16-11(2)17-22-14/h5-6,13H,7-9H2,1-4H3/t13-/m0/s1. The summed E-state index contributed by atoms with van der Waals surface area (Å²) < 4.78 is 7.21. The number of hydrogen-bond acceptors (Lipinski definition) is 5. The van der Waals surface area contributed by atoms with E-state index in [1.54, 1.807) is 6.92 Å². The summed E-state index contributed by atoms with van der Waals surface area (Å²) in [4.78, 5) is 21.1. The molecule has 7 nitrogen and oxygen atoms in total. The molecule has 1 fully saturated rings. The van der Waals surface area contributed by atoms with Crippen LogP contribution in [0.15, 0.2) is 16.7 Å². The summed E-state index contributed by atoms with van der Waals surface area (Å²) in [5, 5.41) is 3.85. The molecule has 1 aliphatic rings. The molecule has 3 rings (SSSR count). The highest BCUT2D eigenvalue weighted by atomic mass is 16.5. The summed E-state index contributed by atoms with van der Waals surface area (Å²) in [7, 11) is 3.93. The van der Waals surface area contributed by atoms with Gasteiger partial charge >= 0.3 is 0 Å². The van der Waals surface area contributed by atoms with Gasteiger partial charge < -0.3 is 14.0 Å². The molecule has 1 saturated heterocycles. The summed E-state index contributed by atoms with van der Waals surface area (Å²) in [5.74, 6) is 1.23. The van der Waals surface area contributed by atoms with Crippen LogP contribution in [0.4, 0.5) is 0 Å². The Morgan fingerprint density at radius 2 is 2.05 bits per heavy atom. The fraction of sp³-hybridized carbons (Fsp3) is 0.533. The van der Waals surface area contributed by atoms with E-state index in [-0.39, 0.29) is 11.9 Å². The first-order valence-corrected chi connectivity index (χ1v) is 7.39. The number of nitrogens with zero attached hydrogens (tertiary/aromatic N) is 5. The van der Waals surface area contributed by atoms with Crippen molar-refractivity contribution in [3.05, 3.63) is 35.2 Å². The predicted octanol–water partition coefficient (Wildman–Crippen LogP) is 1.15. The van der Waals surface area contributed by atoms with E-state index in [1.165, 1.54) is 0 Å². The zero-order valence-electron chi connectivity index (χ0n) is 13.4. The van der Waals surface area contributed by atoms with Gasteiger partial charge in [-0.3, -0.25) is 9.69 Å². The molecule has 1 atom stereocenters. The number of aromatic nitrogens is 3. The number of rotatable bonds is 2. The predicted molar refractivity (Wildman–Crippen MR) is 80.5 cm³/mol. The van der Waals surface area contributed by atoms with Crippen LogP contribution < -0.4 is 0 Å². The van der Waals surface area contributed by atoms with Crippen LogP contribution in [-0.4, -0.2) is 57.1 Å². The Bertz CT molecular complexity index is 690. The first-order chi connectivity index (χ1) is 10.5. The number of hydrogen-bond donors (Lipinski definition) is 0. The number of carbonyl (C=O) groups is 1. The summed E-state index contributed by atoms with van der Waals surface area (Å²) in [6, 6.07) is 3.78. The van der Waals surface area contributed by atoms with Crippen molar-refractivity contribution in [3.63, 3.8) is 0 Å². The summed E-state index contributed by atoms with van der Waals surface area (Å²) in [6.07, 6.45) is 0. The van der Waals surface area contributed by atoms with Crippen molar-refractivity contribution in [3.8, 4) is 0 Å². The lowest BCUT2D eigenvalue weighted by molar-refractivity contribution is 0.0480. The number of piperazine rings is 1. The molecule has 0 saturated carbocycles. The fourth-order valence-electron chi connectivity index (χ4n) is 2.76. The van der Waals surface area contributed by atoms with Crippen LogP contribution in [0, 0.1) is 13.8 Å². The summed E-state index contributed by atoms with van der Waals surface area (Å²) in [6.45, 7) is 5.82. The minimum atomic E-state index is -0.0553. The van der Waals surface area contributed by atoms with Crippen LogP contribution in [0.1, 0.15) is 33.9 Å². The second-order valence-electron chi connectivity index (χ2n) is 5.85. The van der Waals surface area contributed by atoms with Crippen molar-refractivity contribution in [2.75, 3.05) is 26.7 Å². The SMILES string of the molecule is Cc1noc([C@@H]2CN(C(=O)c3ccc(C)n3C)CCN2C)n1. The summed E-state index contributed by atoms with van der Waals surface area (Å²) >= 11 is 0. The Morgan fingerprint density at radius 1 is 1.27 bits per heavy atom. The van der Waals surface area contributed by atoms with Gasteiger partial charge in [0.15, 0.2) is 5.82 Å². The maximum Gasteiger partial charge on any atom is 0.270 e. The minimum absolute atomic E-state index is 0.0462. The molecule has 22 heavy (non-hydrogen) atoms. The number of likely N-dealkylation sites (N-methyl/N-ethyl adjacent to an activating group) is 1. The molecule has 118 valence electrons. The normalized spacial score (nSPS) is 19.6. The van der Waals surface area contributed by atoms with Gasteiger partial charge in [-0.1, -0.05) is 5.16 Å². The Labute approximate surface area is 129 Å². The molecule has 0 aromatic carbocycles. The lowest BCUT2D eigenvalue weighted by Gasteiger charge is -2.37. The third-order valence-corrected chi connectivity index (χ3v) is 4.36. The first-order valence-electron chi connectivity index (χ1n) is 7.39. The van der Waals surface area contributed by atoms with Crippen molar-refractivity contribution in [2.24, 2.45) is 7.05 Å². The second kappa shape index (κ2) is 5.57. The molecule has 0 spiro atoms. The van der Waals surface area contributed by atoms with E-state index in [4.69, 9.17) is 4.52 Å². The maximum absolute atomic E-state index is 12.7. The third-order valence-electron chi connectivity index (χ3n) is 4.36. The monoisotopic (exact) mass is 303 g/mol. The Hall–Kier alpha value is -2.15. The van der Waals surface area contributed by atoms with Crippen LogP contribution in [0.5, 0.6) is 0 Å². The van der Waals surface area contributed by atoms with Crippen molar-refractivity contribution in [1.29, 1.82) is 0 Å². The van der Waals surface area contributed by atoms with Crippen molar-refractivity contribution >= 4 is 5.91 Å². The van der Waals surface area contributed by atoms with E-state index >= 15 is 0 Å². The molecule has 0 aliphatic carbocycles. The molecule has 0 N–H and O–H groups in total.